The van der Waals surface area contributed by atoms with E-state index < -0.39 is 0 Å². The Morgan fingerprint density at radius 2 is 1.25 bits per heavy atom. The fraction of sp³-hybridized carbons (Fsp3) is 0. The second-order valence-electron chi connectivity index (χ2n) is 2.88. The summed E-state index contributed by atoms with van der Waals surface area (Å²) >= 11 is 0. The monoisotopic (exact) mass is 190 g/mol. The van der Waals surface area contributed by atoms with Crippen LogP contribution in [-0.4, -0.2) is 30.5 Å². The van der Waals surface area contributed by atoms with Crippen molar-refractivity contribution in [2.75, 3.05) is 0 Å². The molecular weight excluding hydrogens is 180 g/mol. The Bertz CT molecular complexity index is 388. The highest BCUT2D eigenvalue weighted by molar-refractivity contribution is 6.46. The summed E-state index contributed by atoms with van der Waals surface area (Å²) in [6.07, 6.45) is 0. The summed E-state index contributed by atoms with van der Waals surface area (Å²) in [4.78, 5) is 9.02. The minimum absolute atomic E-state index is 1.01. The first kappa shape index (κ1) is 7.63. The molecule has 4 heteroatoms. The highest BCUT2D eigenvalue weighted by atomic mass is 28.2. The van der Waals surface area contributed by atoms with E-state index >= 15 is 0 Å². The second kappa shape index (κ2) is 2.80. The van der Waals surface area contributed by atoms with Crippen LogP contribution in [0.15, 0.2) is 24.3 Å². The quantitative estimate of drug-likeness (QED) is 0.433. The van der Waals surface area contributed by atoms with Crippen molar-refractivity contribution in [1.82, 2.24) is 9.97 Å². The molecule has 60 valence electrons. The number of benzene rings is 1. The lowest BCUT2D eigenvalue weighted by atomic mass is 10.3. The molecule has 1 aromatic heterocycles. The van der Waals surface area contributed by atoms with Crippen LogP contribution in [0.1, 0.15) is 0 Å². The normalized spacial score (nSPS) is 11.0. The summed E-state index contributed by atoms with van der Waals surface area (Å²) in [6, 6.07) is 8.05. The molecule has 0 aliphatic carbocycles. The van der Waals surface area contributed by atoms with Crippen molar-refractivity contribution in [2.45, 2.75) is 0 Å². The maximum atomic E-state index is 4.51. The van der Waals surface area contributed by atoms with E-state index in [2.05, 4.69) is 9.97 Å². The highest BCUT2D eigenvalue weighted by Gasteiger charge is 1.97. The lowest BCUT2D eigenvalue weighted by Crippen LogP contribution is -2.31. The Hall–Kier alpha value is -1.01. The lowest BCUT2D eigenvalue weighted by Gasteiger charge is -2.00. The van der Waals surface area contributed by atoms with E-state index in [-0.39, 0.29) is 0 Å². The Morgan fingerprint density at radius 1 is 0.833 bits per heavy atom. The van der Waals surface area contributed by atoms with Gasteiger partial charge in [0.2, 0.25) is 0 Å². The average Bonchev–Trinajstić information content (AvgIpc) is 2.07. The first-order chi connectivity index (χ1) is 5.77. The summed E-state index contributed by atoms with van der Waals surface area (Å²) < 4.78 is 0. The van der Waals surface area contributed by atoms with Crippen molar-refractivity contribution >= 4 is 42.2 Å². The molecule has 0 amide bonds. The van der Waals surface area contributed by atoms with Gasteiger partial charge in [0, 0.05) is 10.6 Å². The number of fused-ring (bicyclic) bond motifs is 1. The Kier molecular flexibility index (Phi) is 1.78. The van der Waals surface area contributed by atoms with E-state index in [1.54, 1.807) is 0 Å². The third-order valence-corrected chi connectivity index (χ3v) is 4.88. The standard InChI is InChI=1S/C8H10N2Si2/c11-7-8(12)10-6-4-2-1-3-5(6)9-7/h1-4H,11-12H3. The number of hydrogen-bond acceptors (Lipinski definition) is 2. The minimum Gasteiger partial charge on any atom is -0.256 e. The molecule has 2 rings (SSSR count). The van der Waals surface area contributed by atoms with Gasteiger partial charge in [-0.05, 0) is 12.1 Å². The molecule has 0 spiro atoms. The van der Waals surface area contributed by atoms with Crippen molar-refractivity contribution in [3.05, 3.63) is 24.3 Å². The number of hydrogen-bond donors (Lipinski definition) is 0. The predicted molar refractivity (Wildman–Crippen MR) is 58.7 cm³/mol. The van der Waals surface area contributed by atoms with Gasteiger partial charge in [0.15, 0.2) is 0 Å². The van der Waals surface area contributed by atoms with Crippen LogP contribution in [0.4, 0.5) is 0 Å². The SMILES string of the molecule is [SiH3]c1nc2ccccc2nc1[SiH3]. The topological polar surface area (TPSA) is 25.8 Å². The molecule has 0 saturated heterocycles. The van der Waals surface area contributed by atoms with Crippen molar-refractivity contribution in [3.8, 4) is 0 Å². The summed E-state index contributed by atoms with van der Waals surface area (Å²) in [7, 11) is 2.01. The Labute approximate surface area is 76.9 Å². The first-order valence-corrected chi connectivity index (χ1v) is 5.97. The van der Waals surface area contributed by atoms with Crippen LogP contribution >= 0.6 is 0 Å². The second-order valence-corrected chi connectivity index (χ2v) is 4.78. The van der Waals surface area contributed by atoms with Crippen LogP contribution in [-0.2, 0) is 0 Å². The zero-order valence-corrected chi connectivity index (χ0v) is 11.2. The molecule has 0 bridgehead atoms. The predicted octanol–water partition coefficient (Wildman–Crippen LogP) is -2.39. The van der Waals surface area contributed by atoms with E-state index in [0.717, 1.165) is 31.5 Å². The molecule has 1 aromatic carbocycles. The maximum Gasteiger partial charge on any atom is 0.0884 e. The van der Waals surface area contributed by atoms with Gasteiger partial charge < -0.3 is 0 Å². The van der Waals surface area contributed by atoms with Crippen molar-refractivity contribution in [1.29, 1.82) is 0 Å². The fourth-order valence-electron chi connectivity index (χ4n) is 1.18. The molecule has 0 aliphatic rings. The van der Waals surface area contributed by atoms with Crippen LogP contribution in [0.25, 0.3) is 11.0 Å². The van der Waals surface area contributed by atoms with Crippen LogP contribution < -0.4 is 10.6 Å². The Morgan fingerprint density at radius 3 is 1.67 bits per heavy atom. The third-order valence-electron chi connectivity index (χ3n) is 1.98. The van der Waals surface area contributed by atoms with Crippen molar-refractivity contribution in [2.24, 2.45) is 0 Å². The van der Waals surface area contributed by atoms with E-state index in [1.165, 1.54) is 10.6 Å². The molecule has 0 unspecified atom stereocenters. The molecular formula is C8H10N2Si2. The van der Waals surface area contributed by atoms with Crippen LogP contribution in [0.3, 0.4) is 0 Å². The molecule has 0 fully saturated rings. The van der Waals surface area contributed by atoms with Crippen LogP contribution in [0.5, 0.6) is 0 Å². The van der Waals surface area contributed by atoms with E-state index in [4.69, 9.17) is 0 Å². The molecule has 2 nitrogen and oxygen atoms in total. The molecule has 0 atom stereocenters. The van der Waals surface area contributed by atoms with Gasteiger partial charge in [0.25, 0.3) is 0 Å². The third kappa shape index (κ3) is 1.19. The number of nitrogens with zero attached hydrogens (tertiary/aromatic N) is 2. The number of para-hydroxylation sites is 2. The highest BCUT2D eigenvalue weighted by Crippen LogP contribution is 2.02. The van der Waals surface area contributed by atoms with Gasteiger partial charge in [-0.15, -0.1) is 0 Å². The Balaban J connectivity index is 2.84. The van der Waals surface area contributed by atoms with E-state index in [1.807, 2.05) is 24.3 Å². The van der Waals surface area contributed by atoms with Crippen molar-refractivity contribution in [3.63, 3.8) is 0 Å². The zero-order valence-electron chi connectivity index (χ0n) is 7.20. The first-order valence-electron chi connectivity index (χ1n) is 3.97. The summed E-state index contributed by atoms with van der Waals surface area (Å²) in [5.74, 6) is 0. The fourth-order valence-corrected chi connectivity index (χ4v) is 1.88. The molecule has 0 N–H and O–H groups in total. The minimum atomic E-state index is 1.01. The number of aromatic nitrogens is 2. The van der Waals surface area contributed by atoms with Gasteiger partial charge in [0.1, 0.15) is 0 Å². The summed E-state index contributed by atoms with van der Waals surface area (Å²) in [5.41, 5.74) is 2.06. The molecule has 0 aliphatic heterocycles. The van der Waals surface area contributed by atoms with Gasteiger partial charge >= 0.3 is 0 Å². The summed E-state index contributed by atoms with van der Waals surface area (Å²) in [6.45, 7) is 0. The largest absolute Gasteiger partial charge is 0.256 e. The average molecular weight is 190 g/mol. The van der Waals surface area contributed by atoms with Gasteiger partial charge in [-0.3, -0.25) is 9.97 Å². The van der Waals surface area contributed by atoms with E-state index in [9.17, 15) is 0 Å². The molecule has 2 aromatic rings. The summed E-state index contributed by atoms with van der Waals surface area (Å²) in [5, 5.41) is 2.42. The maximum absolute atomic E-state index is 4.51. The van der Waals surface area contributed by atoms with Crippen molar-refractivity contribution < 1.29 is 0 Å². The van der Waals surface area contributed by atoms with E-state index in [0.29, 0.717) is 0 Å². The van der Waals surface area contributed by atoms with Gasteiger partial charge in [0.05, 0.1) is 31.5 Å². The number of rotatable bonds is 0. The molecule has 1 heterocycles. The molecule has 0 radical (unpaired) electrons. The van der Waals surface area contributed by atoms with Gasteiger partial charge in [-0.25, -0.2) is 0 Å². The van der Waals surface area contributed by atoms with Crippen LogP contribution in [0, 0.1) is 0 Å². The van der Waals surface area contributed by atoms with Gasteiger partial charge in [-0.2, -0.15) is 0 Å². The zero-order chi connectivity index (χ0) is 8.55. The van der Waals surface area contributed by atoms with Crippen LogP contribution in [0.2, 0.25) is 0 Å². The molecule has 0 saturated carbocycles. The smallest absolute Gasteiger partial charge is 0.0884 e. The lowest BCUT2D eigenvalue weighted by molar-refractivity contribution is 1.39. The van der Waals surface area contributed by atoms with Gasteiger partial charge in [-0.1, -0.05) is 12.1 Å². The molecule has 12 heavy (non-hydrogen) atoms.